The van der Waals surface area contributed by atoms with E-state index in [-0.39, 0.29) is 12.4 Å². The van der Waals surface area contributed by atoms with Crippen molar-refractivity contribution in [2.24, 2.45) is 0 Å². The summed E-state index contributed by atoms with van der Waals surface area (Å²) in [5, 5.41) is 21.2. The Labute approximate surface area is 199 Å². The molecule has 2 heterocycles. The van der Waals surface area contributed by atoms with Crippen LogP contribution in [0.2, 0.25) is 5.02 Å². The SMILES string of the molecule is O=C(Nc1nc(-c2ccccc2)c(-c2cc(Cl)c3[nH]ncc3c2)nc1O)OCc1ccccc1. The zero-order valence-electron chi connectivity index (χ0n) is 17.7. The van der Waals surface area contributed by atoms with Crippen LogP contribution in [-0.4, -0.2) is 31.4 Å². The fourth-order valence-corrected chi connectivity index (χ4v) is 3.78. The Kier molecular flexibility index (Phi) is 5.80. The number of halogens is 1. The molecule has 0 aliphatic carbocycles. The molecular formula is C25H18ClN5O3. The topological polar surface area (TPSA) is 113 Å². The third kappa shape index (κ3) is 4.39. The number of benzene rings is 3. The molecule has 0 unspecified atom stereocenters. The number of ether oxygens (including phenoxy) is 1. The highest BCUT2D eigenvalue weighted by atomic mass is 35.5. The third-order valence-corrected chi connectivity index (χ3v) is 5.43. The van der Waals surface area contributed by atoms with E-state index in [1.54, 1.807) is 12.3 Å². The minimum absolute atomic E-state index is 0.0771. The summed E-state index contributed by atoms with van der Waals surface area (Å²) in [6.07, 6.45) is 0.891. The molecule has 0 saturated carbocycles. The van der Waals surface area contributed by atoms with Gasteiger partial charge in [-0.2, -0.15) is 5.10 Å². The zero-order chi connectivity index (χ0) is 23.5. The predicted octanol–water partition coefficient (Wildman–Crippen LogP) is 5.79. The van der Waals surface area contributed by atoms with Gasteiger partial charge in [-0.05, 0) is 17.7 Å². The van der Waals surface area contributed by atoms with Gasteiger partial charge in [-0.15, -0.1) is 0 Å². The second-order valence-electron chi connectivity index (χ2n) is 7.44. The Morgan fingerprint density at radius 2 is 1.68 bits per heavy atom. The minimum atomic E-state index is -0.761. The van der Waals surface area contributed by atoms with Crippen molar-refractivity contribution < 1.29 is 14.6 Å². The summed E-state index contributed by atoms with van der Waals surface area (Å²) < 4.78 is 5.25. The monoisotopic (exact) mass is 471 g/mol. The molecular weight excluding hydrogens is 454 g/mol. The molecule has 0 aliphatic heterocycles. The summed E-state index contributed by atoms with van der Waals surface area (Å²) in [6.45, 7) is 0.0771. The first-order valence-corrected chi connectivity index (χ1v) is 10.7. The van der Waals surface area contributed by atoms with Gasteiger partial charge in [0, 0.05) is 16.5 Å². The third-order valence-electron chi connectivity index (χ3n) is 5.13. The Balaban J connectivity index is 1.51. The van der Waals surface area contributed by atoms with Gasteiger partial charge < -0.3 is 9.84 Å². The number of fused-ring (bicyclic) bond motifs is 1. The number of rotatable bonds is 5. The average Bonchev–Trinajstić information content (AvgIpc) is 3.34. The maximum atomic E-state index is 12.4. The van der Waals surface area contributed by atoms with E-state index < -0.39 is 12.0 Å². The van der Waals surface area contributed by atoms with E-state index in [0.717, 1.165) is 16.5 Å². The molecule has 3 aromatic carbocycles. The van der Waals surface area contributed by atoms with Gasteiger partial charge in [-0.1, -0.05) is 72.3 Å². The number of aromatic nitrogens is 4. The lowest BCUT2D eigenvalue weighted by Crippen LogP contribution is -2.15. The van der Waals surface area contributed by atoms with Crippen molar-refractivity contribution in [2.75, 3.05) is 5.32 Å². The summed E-state index contributed by atoms with van der Waals surface area (Å²) in [4.78, 5) is 21.2. The van der Waals surface area contributed by atoms with Crippen LogP contribution in [0.15, 0.2) is 79.0 Å². The van der Waals surface area contributed by atoms with E-state index in [1.165, 1.54) is 0 Å². The van der Waals surface area contributed by atoms with Crippen LogP contribution in [-0.2, 0) is 11.3 Å². The number of carbonyl (C=O) groups is 1. The molecule has 0 bridgehead atoms. The first kappa shape index (κ1) is 21.4. The fraction of sp³-hybridized carbons (Fsp3) is 0.0400. The van der Waals surface area contributed by atoms with Crippen LogP contribution in [0.5, 0.6) is 5.88 Å². The Bertz CT molecular complexity index is 1470. The quantitative estimate of drug-likeness (QED) is 0.299. The smallest absolute Gasteiger partial charge is 0.413 e. The van der Waals surface area contributed by atoms with Crippen LogP contribution in [0.3, 0.4) is 0 Å². The maximum Gasteiger partial charge on any atom is 0.413 e. The van der Waals surface area contributed by atoms with Gasteiger partial charge in [0.2, 0.25) is 0 Å². The lowest BCUT2D eigenvalue weighted by Gasteiger charge is -2.13. The van der Waals surface area contributed by atoms with Crippen LogP contribution in [0, 0.1) is 0 Å². The summed E-state index contributed by atoms with van der Waals surface area (Å²) in [7, 11) is 0. The van der Waals surface area contributed by atoms with Crippen LogP contribution in [0.4, 0.5) is 10.6 Å². The number of aromatic amines is 1. The lowest BCUT2D eigenvalue weighted by molar-refractivity contribution is 0.155. The van der Waals surface area contributed by atoms with Gasteiger partial charge in [0.1, 0.15) is 12.3 Å². The molecule has 5 rings (SSSR count). The number of amides is 1. The number of anilines is 1. The van der Waals surface area contributed by atoms with Gasteiger partial charge in [0.25, 0.3) is 5.88 Å². The molecule has 1 amide bonds. The van der Waals surface area contributed by atoms with Gasteiger partial charge in [-0.25, -0.2) is 14.8 Å². The van der Waals surface area contributed by atoms with Crippen molar-refractivity contribution in [3.05, 3.63) is 89.6 Å². The summed E-state index contributed by atoms with van der Waals surface area (Å²) in [6, 6.07) is 22.2. The van der Waals surface area contributed by atoms with Gasteiger partial charge >= 0.3 is 6.09 Å². The number of H-pyrrole nitrogens is 1. The Morgan fingerprint density at radius 3 is 2.44 bits per heavy atom. The van der Waals surface area contributed by atoms with Crippen molar-refractivity contribution in [2.45, 2.75) is 6.61 Å². The molecule has 0 radical (unpaired) electrons. The molecule has 3 N–H and O–H groups in total. The van der Waals surface area contributed by atoms with Crippen LogP contribution >= 0.6 is 11.6 Å². The second-order valence-corrected chi connectivity index (χ2v) is 7.85. The number of carbonyl (C=O) groups excluding carboxylic acids is 1. The number of nitrogens with one attached hydrogen (secondary N) is 2. The molecule has 0 aliphatic rings. The van der Waals surface area contributed by atoms with Gasteiger partial charge in [-0.3, -0.25) is 10.4 Å². The summed E-state index contributed by atoms with van der Waals surface area (Å²) in [5.74, 6) is -0.564. The molecule has 0 fully saturated rings. The van der Waals surface area contributed by atoms with Crippen molar-refractivity contribution in [1.29, 1.82) is 0 Å². The van der Waals surface area contributed by atoms with Crippen molar-refractivity contribution >= 4 is 34.4 Å². The molecule has 5 aromatic rings. The highest BCUT2D eigenvalue weighted by Gasteiger charge is 2.19. The number of hydrogen-bond donors (Lipinski definition) is 3. The standard InChI is InChI=1S/C25H18ClN5O3/c26-19-12-17(11-18-13-27-31-20(18)19)22-21(16-9-5-2-6-10-16)28-23(24(32)29-22)30-25(33)34-14-15-7-3-1-4-8-15/h1-13H,14H2,(H,27,31)(H,29,32)(H,28,30,33). The molecule has 0 saturated heterocycles. The fourth-order valence-electron chi connectivity index (χ4n) is 3.52. The van der Waals surface area contributed by atoms with E-state index in [9.17, 15) is 9.90 Å². The highest BCUT2D eigenvalue weighted by molar-refractivity contribution is 6.35. The Hall–Kier alpha value is -4.43. The normalized spacial score (nSPS) is 10.9. The highest BCUT2D eigenvalue weighted by Crippen LogP contribution is 2.36. The number of hydrogen-bond acceptors (Lipinski definition) is 6. The Morgan fingerprint density at radius 1 is 0.971 bits per heavy atom. The molecule has 2 aromatic heterocycles. The van der Waals surface area contributed by atoms with Crippen LogP contribution in [0.1, 0.15) is 5.56 Å². The van der Waals surface area contributed by atoms with Crippen molar-refractivity contribution in [3.8, 4) is 28.4 Å². The van der Waals surface area contributed by atoms with E-state index in [0.29, 0.717) is 27.5 Å². The molecule has 8 nitrogen and oxygen atoms in total. The van der Waals surface area contributed by atoms with Crippen molar-refractivity contribution in [3.63, 3.8) is 0 Å². The number of aromatic hydroxyl groups is 1. The maximum absolute atomic E-state index is 12.4. The lowest BCUT2D eigenvalue weighted by atomic mass is 10.0. The van der Waals surface area contributed by atoms with Crippen molar-refractivity contribution in [1.82, 2.24) is 20.2 Å². The molecule has 34 heavy (non-hydrogen) atoms. The predicted molar refractivity (Wildman–Crippen MR) is 129 cm³/mol. The van der Waals surface area contributed by atoms with E-state index in [1.807, 2.05) is 66.7 Å². The van der Waals surface area contributed by atoms with Crippen LogP contribution in [0.25, 0.3) is 33.4 Å². The molecule has 9 heteroatoms. The second kappa shape index (κ2) is 9.21. The minimum Gasteiger partial charge on any atom is -0.491 e. The van der Waals surface area contributed by atoms with Crippen LogP contribution < -0.4 is 5.32 Å². The first-order valence-electron chi connectivity index (χ1n) is 10.4. The largest absolute Gasteiger partial charge is 0.491 e. The first-order chi connectivity index (χ1) is 16.6. The molecule has 168 valence electrons. The van der Waals surface area contributed by atoms with Gasteiger partial charge in [0.05, 0.1) is 22.4 Å². The number of nitrogens with zero attached hydrogens (tertiary/aromatic N) is 3. The average molecular weight is 472 g/mol. The molecule has 0 spiro atoms. The van der Waals surface area contributed by atoms with E-state index in [2.05, 4.69) is 25.5 Å². The van der Waals surface area contributed by atoms with E-state index >= 15 is 0 Å². The molecule has 0 atom stereocenters. The van der Waals surface area contributed by atoms with E-state index in [4.69, 9.17) is 16.3 Å². The summed E-state index contributed by atoms with van der Waals surface area (Å²) >= 11 is 6.42. The zero-order valence-corrected chi connectivity index (χ0v) is 18.5. The summed E-state index contributed by atoms with van der Waals surface area (Å²) in [5.41, 5.74) is 3.77. The van der Waals surface area contributed by atoms with Gasteiger partial charge in [0.15, 0.2) is 5.82 Å².